The van der Waals surface area contributed by atoms with Crippen molar-refractivity contribution in [3.63, 3.8) is 0 Å². The lowest BCUT2D eigenvalue weighted by molar-refractivity contribution is -0.111. The van der Waals surface area contributed by atoms with Gasteiger partial charge in [-0.25, -0.2) is 4.39 Å². The molecule has 3 nitrogen and oxygen atoms in total. The molecule has 0 unspecified atom stereocenters. The summed E-state index contributed by atoms with van der Waals surface area (Å²) in [5.74, 6) is -0.125. The Kier molecular flexibility index (Phi) is 4.11. The average molecular weight is 265 g/mol. The normalized spacial score (nSPS) is 25.8. The summed E-state index contributed by atoms with van der Waals surface area (Å²) in [5, 5.41) is 0. The van der Waals surface area contributed by atoms with Gasteiger partial charge in [0.05, 0.1) is 19.3 Å². The van der Waals surface area contributed by atoms with Gasteiger partial charge in [-0.3, -0.25) is 4.90 Å². The van der Waals surface area contributed by atoms with Gasteiger partial charge in [-0.2, -0.15) is 0 Å². The predicted octanol–water partition coefficient (Wildman–Crippen LogP) is 2.55. The second kappa shape index (κ2) is 5.99. The van der Waals surface area contributed by atoms with Crippen molar-refractivity contribution in [2.75, 3.05) is 19.8 Å². The molecule has 0 bridgehead atoms. The summed E-state index contributed by atoms with van der Waals surface area (Å²) < 4.78 is 25.0. The summed E-state index contributed by atoms with van der Waals surface area (Å²) in [6.07, 6.45) is 3.30. The van der Waals surface area contributed by atoms with Crippen LogP contribution in [0.25, 0.3) is 0 Å². The summed E-state index contributed by atoms with van der Waals surface area (Å²) in [4.78, 5) is 2.30. The molecule has 1 atom stereocenters. The number of likely N-dealkylation sites (tertiary alicyclic amines) is 1. The zero-order valence-corrected chi connectivity index (χ0v) is 11.1. The van der Waals surface area contributed by atoms with Crippen molar-refractivity contribution in [2.45, 2.75) is 38.1 Å². The number of hydrogen-bond donors (Lipinski definition) is 0. The number of hydrogen-bond acceptors (Lipinski definition) is 3. The topological polar surface area (TPSA) is 21.7 Å². The smallest absolute Gasteiger partial charge is 0.173 e. The van der Waals surface area contributed by atoms with Crippen LogP contribution in [0.2, 0.25) is 0 Å². The Balaban J connectivity index is 1.71. The zero-order chi connectivity index (χ0) is 13.1. The quantitative estimate of drug-likeness (QED) is 0.838. The number of benzene rings is 1. The van der Waals surface area contributed by atoms with Gasteiger partial charge in [0, 0.05) is 12.1 Å². The monoisotopic (exact) mass is 265 g/mol. The van der Waals surface area contributed by atoms with Crippen molar-refractivity contribution in [3.8, 4) is 0 Å². The molecule has 0 spiro atoms. The Morgan fingerprint density at radius 2 is 1.95 bits per heavy atom. The zero-order valence-electron chi connectivity index (χ0n) is 11.1. The fraction of sp³-hybridized carbons (Fsp3) is 0.600. The molecule has 104 valence electrons. The molecule has 3 rings (SSSR count). The molecular weight excluding hydrogens is 245 g/mol. The maximum Gasteiger partial charge on any atom is 0.173 e. The van der Waals surface area contributed by atoms with Crippen molar-refractivity contribution < 1.29 is 13.9 Å². The molecule has 0 amide bonds. The lowest BCUT2D eigenvalue weighted by Crippen LogP contribution is -2.46. The molecule has 0 saturated carbocycles. The highest BCUT2D eigenvalue weighted by atomic mass is 19.1. The van der Waals surface area contributed by atoms with Gasteiger partial charge in [0.15, 0.2) is 6.29 Å². The molecule has 4 heteroatoms. The summed E-state index contributed by atoms with van der Waals surface area (Å²) in [6.45, 7) is 2.98. The van der Waals surface area contributed by atoms with E-state index in [2.05, 4.69) is 4.90 Å². The SMILES string of the molecule is Fc1ccccc1CN1CCCC[C@@H]1C1OCCO1. The van der Waals surface area contributed by atoms with Gasteiger partial charge in [-0.05, 0) is 25.5 Å². The van der Waals surface area contributed by atoms with E-state index in [4.69, 9.17) is 9.47 Å². The third-order valence-electron chi connectivity index (χ3n) is 3.96. The van der Waals surface area contributed by atoms with Gasteiger partial charge in [-0.1, -0.05) is 24.6 Å². The van der Waals surface area contributed by atoms with Crippen LogP contribution in [0, 0.1) is 5.82 Å². The Hall–Kier alpha value is -0.970. The van der Waals surface area contributed by atoms with Gasteiger partial charge >= 0.3 is 0 Å². The van der Waals surface area contributed by atoms with Crippen LogP contribution in [0.5, 0.6) is 0 Å². The minimum Gasteiger partial charge on any atom is -0.349 e. The first-order chi connectivity index (χ1) is 9.34. The van der Waals surface area contributed by atoms with Crippen LogP contribution in [0.15, 0.2) is 24.3 Å². The van der Waals surface area contributed by atoms with Gasteiger partial charge in [0.1, 0.15) is 5.82 Å². The summed E-state index contributed by atoms with van der Waals surface area (Å²) in [6, 6.07) is 7.26. The molecule has 1 aromatic rings. The van der Waals surface area contributed by atoms with Crippen LogP contribution in [-0.4, -0.2) is 37.0 Å². The Morgan fingerprint density at radius 3 is 2.74 bits per heavy atom. The van der Waals surface area contributed by atoms with Crippen molar-refractivity contribution in [1.29, 1.82) is 0 Å². The molecule has 2 heterocycles. The number of rotatable bonds is 3. The molecule has 2 aliphatic rings. The van der Waals surface area contributed by atoms with E-state index >= 15 is 0 Å². The number of nitrogens with zero attached hydrogens (tertiary/aromatic N) is 1. The van der Waals surface area contributed by atoms with E-state index in [0.29, 0.717) is 19.8 Å². The summed E-state index contributed by atoms with van der Waals surface area (Å²) in [7, 11) is 0. The fourth-order valence-electron chi connectivity index (χ4n) is 2.97. The molecule has 19 heavy (non-hydrogen) atoms. The molecule has 0 N–H and O–H groups in total. The number of ether oxygens (including phenoxy) is 2. The first kappa shape index (κ1) is 13.0. The third kappa shape index (κ3) is 2.96. The van der Waals surface area contributed by atoms with Crippen LogP contribution >= 0.6 is 0 Å². The number of piperidine rings is 1. The third-order valence-corrected chi connectivity index (χ3v) is 3.96. The highest BCUT2D eigenvalue weighted by molar-refractivity contribution is 5.17. The first-order valence-electron chi connectivity index (χ1n) is 7.05. The van der Waals surface area contributed by atoms with E-state index in [0.717, 1.165) is 24.9 Å². The van der Waals surface area contributed by atoms with E-state index in [9.17, 15) is 4.39 Å². The van der Waals surface area contributed by atoms with E-state index in [1.54, 1.807) is 6.07 Å². The van der Waals surface area contributed by atoms with Crippen LogP contribution in [0.4, 0.5) is 4.39 Å². The maximum absolute atomic E-state index is 13.8. The highest BCUT2D eigenvalue weighted by Crippen LogP contribution is 2.26. The van der Waals surface area contributed by atoms with Crippen molar-refractivity contribution >= 4 is 0 Å². The fourth-order valence-corrected chi connectivity index (χ4v) is 2.97. The molecule has 1 aromatic carbocycles. The molecule has 0 radical (unpaired) electrons. The molecule has 2 aliphatic heterocycles. The Bertz CT molecular complexity index is 420. The largest absolute Gasteiger partial charge is 0.349 e. The molecule has 0 aliphatic carbocycles. The van der Waals surface area contributed by atoms with Crippen LogP contribution in [0.3, 0.4) is 0 Å². The van der Waals surface area contributed by atoms with E-state index in [1.165, 1.54) is 12.5 Å². The molecular formula is C15H20FNO2. The lowest BCUT2D eigenvalue weighted by atomic mass is 10.0. The van der Waals surface area contributed by atoms with Crippen LogP contribution in [0.1, 0.15) is 24.8 Å². The molecule has 2 fully saturated rings. The average Bonchev–Trinajstić information content (AvgIpc) is 2.96. The molecule has 2 saturated heterocycles. The van der Waals surface area contributed by atoms with Crippen molar-refractivity contribution in [2.24, 2.45) is 0 Å². The lowest BCUT2D eigenvalue weighted by Gasteiger charge is -2.38. The highest BCUT2D eigenvalue weighted by Gasteiger charge is 2.33. The predicted molar refractivity (Wildman–Crippen MR) is 70.1 cm³/mol. The van der Waals surface area contributed by atoms with Gasteiger partial charge in [-0.15, -0.1) is 0 Å². The van der Waals surface area contributed by atoms with Crippen molar-refractivity contribution in [1.82, 2.24) is 4.90 Å². The minimum atomic E-state index is -0.132. The van der Waals surface area contributed by atoms with Gasteiger partial charge < -0.3 is 9.47 Å². The van der Waals surface area contributed by atoms with Crippen LogP contribution in [-0.2, 0) is 16.0 Å². The second-order valence-corrected chi connectivity index (χ2v) is 5.23. The first-order valence-corrected chi connectivity index (χ1v) is 7.05. The minimum absolute atomic E-state index is 0.125. The van der Waals surface area contributed by atoms with E-state index in [-0.39, 0.29) is 18.1 Å². The van der Waals surface area contributed by atoms with Crippen molar-refractivity contribution in [3.05, 3.63) is 35.6 Å². The van der Waals surface area contributed by atoms with Crippen LogP contribution < -0.4 is 0 Å². The summed E-state index contributed by atoms with van der Waals surface area (Å²) >= 11 is 0. The van der Waals surface area contributed by atoms with Gasteiger partial charge in [0.25, 0.3) is 0 Å². The summed E-state index contributed by atoms with van der Waals surface area (Å²) in [5.41, 5.74) is 0.757. The second-order valence-electron chi connectivity index (χ2n) is 5.23. The Morgan fingerprint density at radius 1 is 1.16 bits per heavy atom. The van der Waals surface area contributed by atoms with E-state index < -0.39 is 0 Å². The number of halogens is 1. The Labute approximate surface area is 113 Å². The van der Waals surface area contributed by atoms with Gasteiger partial charge in [0.2, 0.25) is 0 Å². The van der Waals surface area contributed by atoms with E-state index in [1.807, 2.05) is 12.1 Å². The standard InChI is InChI=1S/C15H20FNO2/c16-13-6-2-1-5-12(13)11-17-8-4-3-7-14(17)15-18-9-10-19-15/h1-2,5-6,14-15H,3-4,7-11H2/t14-/m1/s1. The maximum atomic E-state index is 13.8. The molecule has 0 aromatic heterocycles.